The van der Waals surface area contributed by atoms with Crippen LogP contribution in [0.1, 0.15) is 37.7 Å². The molecule has 0 radical (unpaired) electrons. The van der Waals surface area contributed by atoms with Gasteiger partial charge in [0.1, 0.15) is 5.75 Å². The van der Waals surface area contributed by atoms with E-state index in [2.05, 4.69) is 12.1 Å². The van der Waals surface area contributed by atoms with Gasteiger partial charge in [0.25, 0.3) is 0 Å². The van der Waals surface area contributed by atoms with Crippen LogP contribution in [0.15, 0.2) is 24.3 Å². The minimum Gasteiger partial charge on any atom is -0.496 e. The van der Waals surface area contributed by atoms with E-state index >= 15 is 0 Å². The molecular weight excluding hydrogens is 226 g/mol. The Morgan fingerprint density at radius 2 is 2.00 bits per heavy atom. The molecule has 0 unspecified atom stereocenters. The zero-order chi connectivity index (χ0) is 13.0. The van der Waals surface area contributed by atoms with Gasteiger partial charge >= 0.3 is 0 Å². The molecule has 0 spiro atoms. The van der Waals surface area contributed by atoms with Gasteiger partial charge in [0.05, 0.1) is 7.11 Å². The quantitative estimate of drug-likeness (QED) is 0.822. The number of piperidine rings is 1. The third kappa shape index (κ3) is 2.66. The molecule has 1 heterocycles. The molecule has 1 aliphatic rings. The lowest BCUT2D eigenvalue weighted by molar-refractivity contribution is -0.131. The second-order valence-corrected chi connectivity index (χ2v) is 4.75. The molecule has 0 aromatic heterocycles. The van der Waals surface area contributed by atoms with Gasteiger partial charge in [-0.2, -0.15) is 0 Å². The fraction of sp³-hybridized carbons (Fsp3) is 0.533. The molecule has 1 amide bonds. The monoisotopic (exact) mass is 247 g/mol. The van der Waals surface area contributed by atoms with Crippen molar-refractivity contribution in [2.45, 2.75) is 32.1 Å². The first kappa shape index (κ1) is 12.9. The van der Waals surface area contributed by atoms with Crippen LogP contribution in [0.3, 0.4) is 0 Å². The first-order valence-corrected chi connectivity index (χ1v) is 6.67. The molecule has 2 rings (SSSR count). The van der Waals surface area contributed by atoms with E-state index in [0.717, 1.165) is 31.7 Å². The first-order valence-electron chi connectivity index (χ1n) is 6.67. The molecule has 1 fully saturated rings. The number of rotatable bonds is 3. The van der Waals surface area contributed by atoms with E-state index in [4.69, 9.17) is 4.74 Å². The summed E-state index contributed by atoms with van der Waals surface area (Å²) in [6.07, 6.45) is 2.68. The van der Waals surface area contributed by atoms with Gasteiger partial charge in [-0.05, 0) is 30.4 Å². The van der Waals surface area contributed by atoms with Crippen molar-refractivity contribution >= 4 is 5.91 Å². The Bertz CT molecular complexity index is 409. The molecule has 0 atom stereocenters. The summed E-state index contributed by atoms with van der Waals surface area (Å²) in [5.74, 6) is 1.76. The van der Waals surface area contributed by atoms with E-state index in [1.54, 1.807) is 7.11 Å². The normalized spacial score (nSPS) is 16.7. The van der Waals surface area contributed by atoms with Crippen LogP contribution in [0.5, 0.6) is 5.75 Å². The molecule has 1 aliphatic heterocycles. The molecule has 0 bridgehead atoms. The van der Waals surface area contributed by atoms with Crippen LogP contribution in [-0.4, -0.2) is 31.0 Å². The number of hydrogen-bond donors (Lipinski definition) is 0. The zero-order valence-electron chi connectivity index (χ0n) is 11.2. The topological polar surface area (TPSA) is 29.5 Å². The number of ether oxygens (including phenoxy) is 1. The molecule has 1 saturated heterocycles. The van der Waals surface area contributed by atoms with Crippen LogP contribution in [0.4, 0.5) is 0 Å². The van der Waals surface area contributed by atoms with Crippen LogP contribution in [0, 0.1) is 0 Å². The van der Waals surface area contributed by atoms with Crippen LogP contribution >= 0.6 is 0 Å². The van der Waals surface area contributed by atoms with E-state index in [1.807, 2.05) is 24.0 Å². The van der Waals surface area contributed by atoms with Gasteiger partial charge in [-0.15, -0.1) is 0 Å². The highest BCUT2D eigenvalue weighted by Gasteiger charge is 2.24. The fourth-order valence-electron chi connectivity index (χ4n) is 2.67. The van der Waals surface area contributed by atoms with E-state index in [9.17, 15) is 4.79 Å². The molecule has 0 N–H and O–H groups in total. The SMILES string of the molecule is CCC(=O)N1CCC(c2ccccc2OC)CC1. The largest absolute Gasteiger partial charge is 0.496 e. The van der Waals surface area contributed by atoms with Crippen LogP contribution in [-0.2, 0) is 4.79 Å². The minimum absolute atomic E-state index is 0.272. The Balaban J connectivity index is 2.03. The lowest BCUT2D eigenvalue weighted by Gasteiger charge is -2.32. The molecule has 1 aromatic carbocycles. The molecule has 18 heavy (non-hydrogen) atoms. The van der Waals surface area contributed by atoms with Crippen LogP contribution < -0.4 is 4.74 Å². The minimum atomic E-state index is 0.272. The third-order valence-electron chi connectivity index (χ3n) is 3.73. The predicted octanol–water partition coefficient (Wildman–Crippen LogP) is 2.81. The van der Waals surface area contributed by atoms with Crippen molar-refractivity contribution < 1.29 is 9.53 Å². The highest BCUT2D eigenvalue weighted by Crippen LogP contribution is 2.33. The highest BCUT2D eigenvalue weighted by atomic mass is 16.5. The number of benzene rings is 1. The second kappa shape index (κ2) is 5.89. The third-order valence-corrected chi connectivity index (χ3v) is 3.73. The maximum atomic E-state index is 11.6. The molecule has 3 nitrogen and oxygen atoms in total. The summed E-state index contributed by atoms with van der Waals surface area (Å²) in [7, 11) is 1.72. The maximum absolute atomic E-state index is 11.6. The van der Waals surface area contributed by atoms with Crippen molar-refractivity contribution in [3.05, 3.63) is 29.8 Å². The lowest BCUT2D eigenvalue weighted by atomic mass is 9.88. The molecule has 98 valence electrons. The highest BCUT2D eigenvalue weighted by molar-refractivity contribution is 5.75. The molecule has 1 aromatic rings. The summed E-state index contributed by atoms with van der Waals surface area (Å²) in [6, 6.07) is 8.21. The second-order valence-electron chi connectivity index (χ2n) is 4.75. The first-order chi connectivity index (χ1) is 8.76. The Labute approximate surface area is 109 Å². The van der Waals surface area contributed by atoms with Crippen LogP contribution in [0.25, 0.3) is 0 Å². The molecule has 3 heteroatoms. The van der Waals surface area contributed by atoms with E-state index < -0.39 is 0 Å². The number of hydrogen-bond acceptors (Lipinski definition) is 2. The summed E-state index contributed by atoms with van der Waals surface area (Å²) in [6.45, 7) is 3.67. The number of para-hydroxylation sites is 1. The Kier molecular flexibility index (Phi) is 4.24. The van der Waals surface area contributed by atoms with Gasteiger partial charge in [0.2, 0.25) is 5.91 Å². The summed E-state index contributed by atoms with van der Waals surface area (Å²) < 4.78 is 5.41. The van der Waals surface area contributed by atoms with E-state index in [0.29, 0.717) is 12.3 Å². The number of nitrogens with zero attached hydrogens (tertiary/aromatic N) is 1. The van der Waals surface area contributed by atoms with Crippen molar-refractivity contribution in [2.75, 3.05) is 20.2 Å². The van der Waals surface area contributed by atoms with Crippen molar-refractivity contribution in [1.29, 1.82) is 0 Å². The molecule has 0 aliphatic carbocycles. The summed E-state index contributed by atoms with van der Waals surface area (Å²) in [4.78, 5) is 13.6. The van der Waals surface area contributed by atoms with Gasteiger partial charge in [-0.25, -0.2) is 0 Å². The lowest BCUT2D eigenvalue weighted by Crippen LogP contribution is -2.37. The van der Waals surface area contributed by atoms with E-state index in [1.165, 1.54) is 5.56 Å². The number of methoxy groups -OCH3 is 1. The number of carbonyl (C=O) groups is 1. The number of carbonyl (C=O) groups excluding carboxylic acids is 1. The van der Waals surface area contributed by atoms with Gasteiger partial charge in [-0.3, -0.25) is 4.79 Å². The summed E-state index contributed by atoms with van der Waals surface area (Å²) >= 11 is 0. The van der Waals surface area contributed by atoms with Crippen molar-refractivity contribution in [3.8, 4) is 5.75 Å². The maximum Gasteiger partial charge on any atom is 0.222 e. The van der Waals surface area contributed by atoms with Crippen molar-refractivity contribution in [1.82, 2.24) is 4.90 Å². The van der Waals surface area contributed by atoms with Crippen LogP contribution in [0.2, 0.25) is 0 Å². The summed E-state index contributed by atoms with van der Waals surface area (Å²) in [5.41, 5.74) is 1.28. The Morgan fingerprint density at radius 3 is 2.61 bits per heavy atom. The summed E-state index contributed by atoms with van der Waals surface area (Å²) in [5, 5.41) is 0. The fourth-order valence-corrected chi connectivity index (χ4v) is 2.67. The van der Waals surface area contributed by atoms with E-state index in [-0.39, 0.29) is 5.91 Å². The van der Waals surface area contributed by atoms with Crippen molar-refractivity contribution in [3.63, 3.8) is 0 Å². The van der Waals surface area contributed by atoms with Gasteiger partial charge in [0.15, 0.2) is 0 Å². The molecule has 0 saturated carbocycles. The number of amides is 1. The van der Waals surface area contributed by atoms with Crippen molar-refractivity contribution in [2.24, 2.45) is 0 Å². The Hall–Kier alpha value is -1.51. The Morgan fingerprint density at radius 1 is 1.33 bits per heavy atom. The number of likely N-dealkylation sites (tertiary alicyclic amines) is 1. The molecular formula is C15H21NO2. The van der Waals surface area contributed by atoms with Gasteiger partial charge < -0.3 is 9.64 Å². The predicted molar refractivity (Wildman–Crippen MR) is 71.8 cm³/mol. The zero-order valence-corrected chi connectivity index (χ0v) is 11.2. The smallest absolute Gasteiger partial charge is 0.222 e. The van der Waals surface area contributed by atoms with Gasteiger partial charge in [-0.1, -0.05) is 25.1 Å². The average Bonchev–Trinajstić information content (AvgIpc) is 2.46. The average molecular weight is 247 g/mol. The van der Waals surface area contributed by atoms with Gasteiger partial charge in [0, 0.05) is 19.5 Å². The standard InChI is InChI=1S/C15H21NO2/c1-3-15(17)16-10-8-12(9-11-16)13-6-4-5-7-14(13)18-2/h4-7,12H,3,8-11H2,1-2H3.